The van der Waals surface area contributed by atoms with Crippen LogP contribution in [0.4, 0.5) is 5.82 Å². The lowest BCUT2D eigenvalue weighted by Gasteiger charge is -2.23. The number of methoxy groups -OCH3 is 1. The lowest BCUT2D eigenvalue weighted by Crippen LogP contribution is -2.39. The molecule has 5 rings (SSSR count). The third kappa shape index (κ3) is 5.02. The number of nitrogens with one attached hydrogen (secondary N) is 1. The molecule has 3 aromatic rings. The van der Waals surface area contributed by atoms with Gasteiger partial charge in [-0.25, -0.2) is 19.7 Å². The number of aliphatic hydroxyl groups excluding tert-OH is 2. The molecule has 8 atom stereocenters. The van der Waals surface area contributed by atoms with Crippen LogP contribution in [0.3, 0.4) is 0 Å². The van der Waals surface area contributed by atoms with Crippen molar-refractivity contribution in [1.82, 2.24) is 29.1 Å². The van der Waals surface area contributed by atoms with Crippen molar-refractivity contribution in [3.8, 4) is 0 Å². The van der Waals surface area contributed by atoms with Crippen LogP contribution in [0, 0.1) is 0 Å². The van der Waals surface area contributed by atoms with E-state index in [1.54, 1.807) is 4.57 Å². The maximum Gasteiger partial charge on any atom is 0.330 e. The minimum absolute atomic E-state index is 0.190. The molecule has 3 aromatic heterocycles. The molecule has 17 nitrogen and oxygen atoms in total. The second-order valence-corrected chi connectivity index (χ2v) is 9.65. The van der Waals surface area contributed by atoms with E-state index in [0.29, 0.717) is 11.2 Å². The van der Waals surface area contributed by atoms with Gasteiger partial charge < -0.3 is 39.2 Å². The van der Waals surface area contributed by atoms with Gasteiger partial charge in [-0.15, -0.1) is 0 Å². The summed E-state index contributed by atoms with van der Waals surface area (Å²) in [6, 6.07) is 1.13. The molecule has 38 heavy (non-hydrogen) atoms. The predicted octanol–water partition coefficient (Wildman–Crippen LogP) is -1.70. The Morgan fingerprint density at radius 1 is 1.21 bits per heavy atom. The lowest BCUT2D eigenvalue weighted by molar-refractivity contribution is -0.0625. The Labute approximate surface area is 214 Å². The van der Waals surface area contributed by atoms with Crippen molar-refractivity contribution in [2.24, 2.45) is 0 Å². The summed E-state index contributed by atoms with van der Waals surface area (Å²) in [6.45, 7) is -0.801. The van der Waals surface area contributed by atoms with Gasteiger partial charge in [-0.3, -0.25) is 23.5 Å². The summed E-state index contributed by atoms with van der Waals surface area (Å²) in [5.74, 6) is 0.210. The lowest BCUT2D eigenvalue weighted by atomic mass is 10.1. The molecule has 18 heteroatoms. The summed E-state index contributed by atoms with van der Waals surface area (Å²) >= 11 is 0. The molecule has 0 radical (unpaired) electrons. The highest BCUT2D eigenvalue weighted by molar-refractivity contribution is 7.33. The number of H-pyrrole nitrogens is 1. The van der Waals surface area contributed by atoms with Crippen molar-refractivity contribution in [1.29, 1.82) is 0 Å². The summed E-state index contributed by atoms with van der Waals surface area (Å²) in [7, 11) is -1.89. The first-order valence-electron chi connectivity index (χ1n) is 11.5. The van der Waals surface area contributed by atoms with Gasteiger partial charge in [0, 0.05) is 25.8 Å². The zero-order valence-electron chi connectivity index (χ0n) is 19.9. The third-order valence-electron chi connectivity index (χ3n) is 6.36. The summed E-state index contributed by atoms with van der Waals surface area (Å²) in [5, 5.41) is 20.3. The molecule has 2 saturated heterocycles. The number of aliphatic hydroxyl groups is 2. The summed E-state index contributed by atoms with van der Waals surface area (Å²) < 4.78 is 43.3. The number of aromatic nitrogens is 6. The minimum Gasteiger partial charge on any atom is -0.394 e. The number of nitrogens with zero attached hydrogens (tertiary/aromatic N) is 5. The topological polar surface area (TPSA) is 228 Å². The van der Waals surface area contributed by atoms with Crippen molar-refractivity contribution in [2.75, 3.05) is 26.1 Å². The Kier molecular flexibility index (Phi) is 7.69. The summed E-state index contributed by atoms with van der Waals surface area (Å²) in [5.41, 5.74) is 5.30. The Bertz CT molecular complexity index is 1430. The SMILES string of the molecule is CO[C@H]1C(O[PH](=O)OC[C@H]2O[C@@H](n3cnc4c(N)ncnc43)C[C@H]2O)[C@@H](CO)O[C@H]1n1ccc(=O)[nH]c1=O. The molecule has 0 spiro atoms. The predicted molar refractivity (Wildman–Crippen MR) is 127 cm³/mol. The normalized spacial score (nSPS) is 30.2. The molecule has 0 aromatic carbocycles. The van der Waals surface area contributed by atoms with Crippen LogP contribution >= 0.6 is 8.25 Å². The van der Waals surface area contributed by atoms with Crippen LogP contribution in [0.5, 0.6) is 0 Å². The Balaban J connectivity index is 1.22. The van der Waals surface area contributed by atoms with Gasteiger partial charge in [-0.05, 0) is 0 Å². The van der Waals surface area contributed by atoms with Gasteiger partial charge in [0.1, 0.15) is 42.5 Å². The number of nitrogen functional groups attached to an aromatic ring is 1. The maximum absolute atomic E-state index is 12.7. The van der Waals surface area contributed by atoms with E-state index in [2.05, 4.69) is 19.9 Å². The monoisotopic (exact) mass is 555 g/mol. The Morgan fingerprint density at radius 3 is 2.76 bits per heavy atom. The second-order valence-electron chi connectivity index (χ2n) is 8.62. The number of nitrogens with two attached hydrogens (primary N) is 1. The van der Waals surface area contributed by atoms with Gasteiger partial charge in [0.25, 0.3) is 5.56 Å². The zero-order valence-corrected chi connectivity index (χ0v) is 20.9. The molecule has 0 amide bonds. The number of ether oxygens (including phenoxy) is 3. The highest BCUT2D eigenvalue weighted by Crippen LogP contribution is 2.39. The minimum atomic E-state index is -3.21. The first kappa shape index (κ1) is 26.6. The molecule has 0 bridgehead atoms. The fourth-order valence-corrected chi connectivity index (χ4v) is 5.39. The molecule has 0 aliphatic carbocycles. The summed E-state index contributed by atoms with van der Waals surface area (Å²) in [6.07, 6.45) is -2.38. The van der Waals surface area contributed by atoms with E-state index >= 15 is 0 Å². The second kappa shape index (κ2) is 11.0. The van der Waals surface area contributed by atoms with Gasteiger partial charge >= 0.3 is 13.9 Å². The fraction of sp³-hybridized carbons (Fsp3) is 0.550. The van der Waals surface area contributed by atoms with Crippen molar-refractivity contribution in [3.05, 3.63) is 45.8 Å². The number of aromatic amines is 1. The smallest absolute Gasteiger partial charge is 0.330 e. The number of rotatable bonds is 9. The van der Waals surface area contributed by atoms with E-state index in [1.807, 2.05) is 0 Å². The number of hydrogen-bond donors (Lipinski definition) is 4. The van der Waals surface area contributed by atoms with Crippen LogP contribution in [0.25, 0.3) is 11.2 Å². The number of imidazole rings is 1. The molecule has 5 heterocycles. The maximum atomic E-state index is 12.7. The molecule has 206 valence electrons. The van der Waals surface area contributed by atoms with Gasteiger partial charge in [0.15, 0.2) is 17.7 Å². The number of anilines is 1. The number of fused-ring (bicyclic) bond motifs is 1. The van der Waals surface area contributed by atoms with Crippen molar-refractivity contribution >= 4 is 25.2 Å². The van der Waals surface area contributed by atoms with E-state index in [9.17, 15) is 24.4 Å². The first-order valence-corrected chi connectivity index (χ1v) is 12.7. The molecule has 5 N–H and O–H groups in total. The number of hydrogen-bond acceptors (Lipinski definition) is 14. The Morgan fingerprint density at radius 2 is 2.03 bits per heavy atom. The average Bonchev–Trinajstić information content (AvgIpc) is 3.58. The standard InChI is InChI=1S/C20H26N7O10P/c1-33-16-15(10(5-28)36-19(16)26-3-2-12(30)25-20(26)31)37-38(32)34-6-11-9(29)4-13(35-11)27-8-24-14-17(21)22-7-23-18(14)27/h2-3,7-11,13,15-16,19,28-29,38H,4-6H2,1H3,(H2,21,22,23)(H,25,30,31)/t9-,10-,11-,13-,15?,16+,19-/m1/s1. The quantitative estimate of drug-likeness (QED) is 0.216. The first-order chi connectivity index (χ1) is 18.3. The highest BCUT2D eigenvalue weighted by atomic mass is 31.1. The van der Waals surface area contributed by atoms with Crippen LogP contribution in [0.15, 0.2) is 34.5 Å². The van der Waals surface area contributed by atoms with Crippen LogP contribution in [0.2, 0.25) is 0 Å². The van der Waals surface area contributed by atoms with E-state index in [-0.39, 0.29) is 18.8 Å². The van der Waals surface area contributed by atoms with Gasteiger partial charge in [0.2, 0.25) is 0 Å². The van der Waals surface area contributed by atoms with E-state index in [0.717, 1.165) is 10.6 Å². The molecule has 2 fully saturated rings. The largest absolute Gasteiger partial charge is 0.394 e. The van der Waals surface area contributed by atoms with Gasteiger partial charge in [0.05, 0.1) is 25.6 Å². The van der Waals surface area contributed by atoms with Crippen LogP contribution < -0.4 is 17.0 Å². The third-order valence-corrected chi connectivity index (χ3v) is 7.23. The molecular weight excluding hydrogens is 529 g/mol. The van der Waals surface area contributed by atoms with Crippen molar-refractivity contribution < 1.29 is 38.0 Å². The molecule has 2 aliphatic heterocycles. The van der Waals surface area contributed by atoms with Crippen LogP contribution in [-0.4, -0.2) is 90.1 Å². The fourth-order valence-electron chi connectivity index (χ4n) is 4.51. The molecule has 0 saturated carbocycles. The van der Waals surface area contributed by atoms with Crippen molar-refractivity contribution in [2.45, 2.75) is 49.4 Å². The van der Waals surface area contributed by atoms with E-state index in [1.165, 1.54) is 26.0 Å². The van der Waals surface area contributed by atoms with Crippen molar-refractivity contribution in [3.63, 3.8) is 0 Å². The summed E-state index contributed by atoms with van der Waals surface area (Å²) in [4.78, 5) is 38.0. The Hall–Kier alpha value is -3.02. The zero-order chi connectivity index (χ0) is 27.0. The van der Waals surface area contributed by atoms with Gasteiger partial charge in [-0.2, -0.15) is 0 Å². The highest BCUT2D eigenvalue weighted by Gasteiger charge is 2.48. The van der Waals surface area contributed by atoms with E-state index in [4.69, 9.17) is 29.0 Å². The van der Waals surface area contributed by atoms with Gasteiger partial charge in [-0.1, -0.05) is 0 Å². The molecule has 2 aliphatic rings. The molecule has 2 unspecified atom stereocenters. The molecular formula is C20H26N7O10P. The van der Waals surface area contributed by atoms with E-state index < -0.39 is 69.1 Å². The van der Waals surface area contributed by atoms with Crippen LogP contribution in [0.1, 0.15) is 18.9 Å². The van der Waals surface area contributed by atoms with Crippen LogP contribution in [-0.2, 0) is 27.8 Å². The average molecular weight is 555 g/mol.